The molecule has 0 saturated carbocycles. The molecule has 0 unspecified atom stereocenters. The van der Waals surface area contributed by atoms with Crippen LogP contribution in [-0.2, 0) is 9.84 Å². The van der Waals surface area contributed by atoms with E-state index in [1.807, 2.05) is 0 Å². The van der Waals surface area contributed by atoms with E-state index < -0.39 is 15.8 Å². The number of carbonyl (C=O) groups is 1. The summed E-state index contributed by atoms with van der Waals surface area (Å²) in [5, 5.41) is 0. The average molecular weight is 316 g/mol. The van der Waals surface area contributed by atoms with Crippen LogP contribution in [0.1, 0.15) is 10.4 Å². The predicted molar refractivity (Wildman–Crippen MR) is 79.7 cm³/mol. The average Bonchev–Trinajstić information content (AvgIpc) is 2.94. The molecule has 112 valence electrons. The Labute approximate surface area is 126 Å². The number of esters is 1. The highest BCUT2D eigenvalue weighted by molar-refractivity contribution is 7.90. The maximum Gasteiger partial charge on any atom is 0.345 e. The summed E-state index contributed by atoms with van der Waals surface area (Å²) in [6.45, 7) is 0. The van der Waals surface area contributed by atoms with Gasteiger partial charge in [-0.1, -0.05) is 6.07 Å². The molecule has 0 spiro atoms. The van der Waals surface area contributed by atoms with Crippen LogP contribution < -0.4 is 4.74 Å². The van der Waals surface area contributed by atoms with E-state index in [9.17, 15) is 13.2 Å². The summed E-state index contributed by atoms with van der Waals surface area (Å²) in [5.74, 6) is -0.397. The minimum absolute atomic E-state index is 0.0976. The molecule has 0 saturated heterocycles. The lowest BCUT2D eigenvalue weighted by Gasteiger charge is -2.07. The zero-order chi connectivity index (χ0) is 15.7. The lowest BCUT2D eigenvalue weighted by Crippen LogP contribution is -2.10. The molecule has 22 heavy (non-hydrogen) atoms. The van der Waals surface area contributed by atoms with Gasteiger partial charge in [0.05, 0.1) is 28.5 Å². The fourth-order valence-corrected chi connectivity index (χ4v) is 2.71. The standard InChI is InChI=1S/C15H12N2O4S/c1-22(19,20)12-5-2-4-11(8-12)21-15(18)13-6-3-7-17-10-16-9-14(13)17/h2-10H,1H3. The van der Waals surface area contributed by atoms with Crippen molar-refractivity contribution in [2.24, 2.45) is 0 Å². The van der Waals surface area contributed by atoms with E-state index in [0.717, 1.165) is 6.26 Å². The highest BCUT2D eigenvalue weighted by atomic mass is 32.2. The Morgan fingerprint density at radius 2 is 2.05 bits per heavy atom. The summed E-state index contributed by atoms with van der Waals surface area (Å²) >= 11 is 0. The molecule has 0 aliphatic heterocycles. The number of hydrogen-bond acceptors (Lipinski definition) is 5. The summed E-state index contributed by atoms with van der Waals surface area (Å²) in [4.78, 5) is 16.3. The molecule has 0 aliphatic carbocycles. The highest BCUT2D eigenvalue weighted by Gasteiger charge is 2.14. The van der Waals surface area contributed by atoms with E-state index in [-0.39, 0.29) is 10.6 Å². The molecule has 2 heterocycles. The van der Waals surface area contributed by atoms with Crippen LogP contribution in [0.15, 0.2) is 60.0 Å². The van der Waals surface area contributed by atoms with Gasteiger partial charge in [0.2, 0.25) is 0 Å². The quantitative estimate of drug-likeness (QED) is 0.545. The van der Waals surface area contributed by atoms with Crippen molar-refractivity contribution in [1.29, 1.82) is 0 Å². The smallest absolute Gasteiger partial charge is 0.345 e. The summed E-state index contributed by atoms with van der Waals surface area (Å²) in [6, 6.07) is 9.16. The number of imidazole rings is 1. The second kappa shape index (κ2) is 5.27. The van der Waals surface area contributed by atoms with Gasteiger partial charge in [-0.05, 0) is 30.3 Å². The number of rotatable bonds is 3. The molecule has 0 N–H and O–H groups in total. The molecule has 0 fully saturated rings. The summed E-state index contributed by atoms with van der Waals surface area (Å²) in [5.41, 5.74) is 0.969. The SMILES string of the molecule is CS(=O)(=O)c1cccc(OC(=O)c2cccn3cncc23)c1. The third-order valence-electron chi connectivity index (χ3n) is 3.12. The zero-order valence-electron chi connectivity index (χ0n) is 11.6. The molecule has 1 aromatic carbocycles. The molecule has 3 aromatic rings. The summed E-state index contributed by atoms with van der Waals surface area (Å²) < 4.78 is 30.0. The molecule has 7 heteroatoms. The second-order valence-electron chi connectivity index (χ2n) is 4.74. The Morgan fingerprint density at radius 3 is 2.82 bits per heavy atom. The van der Waals surface area contributed by atoms with Crippen molar-refractivity contribution in [3.05, 3.63) is 60.7 Å². The van der Waals surface area contributed by atoms with Crippen LogP contribution in [0.4, 0.5) is 0 Å². The van der Waals surface area contributed by atoms with Crippen LogP contribution in [0.25, 0.3) is 5.52 Å². The number of ether oxygens (including phenoxy) is 1. The molecule has 6 nitrogen and oxygen atoms in total. The Balaban J connectivity index is 1.93. The number of nitrogens with zero attached hydrogens (tertiary/aromatic N) is 2. The fourth-order valence-electron chi connectivity index (χ4n) is 2.05. The molecular weight excluding hydrogens is 304 g/mol. The number of benzene rings is 1. The monoisotopic (exact) mass is 316 g/mol. The van der Waals surface area contributed by atoms with Crippen molar-refractivity contribution >= 4 is 21.3 Å². The lowest BCUT2D eigenvalue weighted by molar-refractivity contribution is 0.0736. The van der Waals surface area contributed by atoms with Gasteiger partial charge in [-0.2, -0.15) is 0 Å². The van der Waals surface area contributed by atoms with Crippen LogP contribution in [0.2, 0.25) is 0 Å². The number of aromatic nitrogens is 2. The maximum atomic E-state index is 12.3. The molecule has 3 rings (SSSR count). The van der Waals surface area contributed by atoms with E-state index in [0.29, 0.717) is 11.1 Å². The number of pyridine rings is 1. The molecule has 0 aliphatic rings. The van der Waals surface area contributed by atoms with Crippen molar-refractivity contribution in [1.82, 2.24) is 9.38 Å². The van der Waals surface area contributed by atoms with Crippen LogP contribution in [0.3, 0.4) is 0 Å². The highest BCUT2D eigenvalue weighted by Crippen LogP contribution is 2.19. The molecule has 0 amide bonds. The zero-order valence-corrected chi connectivity index (χ0v) is 12.4. The summed E-state index contributed by atoms with van der Waals surface area (Å²) in [6.07, 6.45) is 6.00. The Kier molecular flexibility index (Phi) is 3.42. The van der Waals surface area contributed by atoms with Crippen molar-refractivity contribution in [2.45, 2.75) is 4.90 Å². The first-order chi connectivity index (χ1) is 10.4. The third-order valence-corrected chi connectivity index (χ3v) is 4.23. The van der Waals surface area contributed by atoms with Crippen LogP contribution in [0.5, 0.6) is 5.75 Å². The maximum absolute atomic E-state index is 12.3. The van der Waals surface area contributed by atoms with Crippen molar-refractivity contribution < 1.29 is 17.9 Å². The van der Waals surface area contributed by atoms with Crippen LogP contribution in [0, 0.1) is 0 Å². The number of carbonyl (C=O) groups excluding carboxylic acids is 1. The van der Waals surface area contributed by atoms with E-state index in [1.54, 1.807) is 35.3 Å². The van der Waals surface area contributed by atoms with Crippen LogP contribution in [-0.4, -0.2) is 30.0 Å². The van der Waals surface area contributed by atoms with Crippen molar-refractivity contribution in [3.8, 4) is 5.75 Å². The fraction of sp³-hybridized carbons (Fsp3) is 0.0667. The first-order valence-electron chi connectivity index (χ1n) is 6.38. The molecule has 2 aromatic heterocycles. The number of sulfone groups is 1. The van der Waals surface area contributed by atoms with Crippen LogP contribution >= 0.6 is 0 Å². The minimum Gasteiger partial charge on any atom is -0.423 e. The topological polar surface area (TPSA) is 77.7 Å². The Morgan fingerprint density at radius 1 is 1.23 bits per heavy atom. The van der Waals surface area contributed by atoms with E-state index in [1.165, 1.54) is 24.3 Å². The van der Waals surface area contributed by atoms with Gasteiger partial charge < -0.3 is 9.14 Å². The van der Waals surface area contributed by atoms with Gasteiger partial charge in [-0.25, -0.2) is 18.2 Å². The molecule has 0 atom stereocenters. The first-order valence-corrected chi connectivity index (χ1v) is 8.27. The molecular formula is C15H12N2O4S. The van der Waals surface area contributed by atoms with Gasteiger partial charge in [-0.15, -0.1) is 0 Å². The number of hydrogen-bond donors (Lipinski definition) is 0. The second-order valence-corrected chi connectivity index (χ2v) is 6.76. The van der Waals surface area contributed by atoms with Gasteiger partial charge in [0.15, 0.2) is 9.84 Å². The van der Waals surface area contributed by atoms with E-state index in [2.05, 4.69) is 4.98 Å². The van der Waals surface area contributed by atoms with E-state index >= 15 is 0 Å². The third kappa shape index (κ3) is 2.71. The van der Waals surface area contributed by atoms with Crippen molar-refractivity contribution in [2.75, 3.05) is 6.26 Å². The van der Waals surface area contributed by atoms with Gasteiger partial charge >= 0.3 is 5.97 Å². The predicted octanol–water partition coefficient (Wildman–Crippen LogP) is 1.96. The minimum atomic E-state index is -3.36. The normalized spacial score (nSPS) is 11.5. The van der Waals surface area contributed by atoms with Gasteiger partial charge in [0.25, 0.3) is 0 Å². The molecule has 0 radical (unpaired) electrons. The summed E-state index contributed by atoms with van der Waals surface area (Å²) in [7, 11) is -3.36. The van der Waals surface area contributed by atoms with E-state index in [4.69, 9.17) is 4.74 Å². The first kappa shape index (κ1) is 14.3. The molecule has 0 bridgehead atoms. The largest absolute Gasteiger partial charge is 0.423 e. The van der Waals surface area contributed by atoms with Crippen molar-refractivity contribution in [3.63, 3.8) is 0 Å². The Bertz CT molecular complexity index is 960. The Hall–Kier alpha value is -2.67. The van der Waals surface area contributed by atoms with Gasteiger partial charge in [0, 0.05) is 12.5 Å². The van der Waals surface area contributed by atoms with Gasteiger partial charge in [-0.3, -0.25) is 0 Å². The number of fused-ring (bicyclic) bond motifs is 1. The lowest BCUT2D eigenvalue weighted by atomic mass is 10.2. The van der Waals surface area contributed by atoms with Gasteiger partial charge in [0.1, 0.15) is 5.75 Å².